The lowest BCUT2D eigenvalue weighted by Gasteiger charge is -2.11. The van der Waals surface area contributed by atoms with Gasteiger partial charge in [-0.3, -0.25) is 0 Å². The smallest absolute Gasteiger partial charge is 0.00130 e. The van der Waals surface area contributed by atoms with E-state index in [9.17, 15) is 0 Å². The second-order valence-electron chi connectivity index (χ2n) is 3.11. The van der Waals surface area contributed by atoms with Gasteiger partial charge in [0.1, 0.15) is 0 Å². The lowest BCUT2D eigenvalue weighted by molar-refractivity contribution is 0.447. The molecule has 0 aliphatic rings. The molecule has 0 aliphatic carbocycles. The Bertz CT molecular complexity index is 64.3. The minimum Gasteiger partial charge on any atom is -0.328 e. The summed E-state index contributed by atoms with van der Waals surface area (Å²) >= 11 is 0. The molecule has 64 valence electrons. The summed E-state index contributed by atoms with van der Waals surface area (Å²) in [5, 5.41) is 0. The van der Waals surface area contributed by atoms with E-state index in [0.29, 0.717) is 6.04 Å². The average Bonchev–Trinajstić information content (AvgIpc) is 1.63. The first-order valence-electron chi connectivity index (χ1n) is 3.92. The summed E-state index contributed by atoms with van der Waals surface area (Å²) in [4.78, 5) is 0. The maximum absolute atomic E-state index is 5.62. The standard InChI is InChI=1S/C8H19N.ClH/c1-4-5-7(2)6-8(3)9;/h7-8H,4-6,9H2,1-3H3;1H. The Hall–Kier alpha value is 0.250. The number of hydrogen-bond acceptors (Lipinski definition) is 1. The van der Waals surface area contributed by atoms with Gasteiger partial charge in [-0.25, -0.2) is 0 Å². The van der Waals surface area contributed by atoms with Gasteiger partial charge in [0.2, 0.25) is 0 Å². The fraction of sp³-hybridized carbons (Fsp3) is 1.00. The highest BCUT2D eigenvalue weighted by Crippen LogP contribution is 2.10. The summed E-state index contributed by atoms with van der Waals surface area (Å²) in [5.74, 6) is 0.815. The Morgan fingerprint density at radius 1 is 1.30 bits per heavy atom. The molecule has 0 aliphatic heterocycles. The molecule has 2 atom stereocenters. The molecule has 0 fully saturated rings. The van der Waals surface area contributed by atoms with Gasteiger partial charge in [-0.1, -0.05) is 26.7 Å². The SMILES string of the molecule is CCCC(C)CC(C)N.Cl. The van der Waals surface area contributed by atoms with Crippen LogP contribution in [-0.2, 0) is 0 Å². The lowest BCUT2D eigenvalue weighted by Crippen LogP contribution is -2.18. The molecule has 0 bridgehead atoms. The van der Waals surface area contributed by atoms with Crippen LogP contribution in [0.15, 0.2) is 0 Å². The molecular weight excluding hydrogens is 146 g/mol. The van der Waals surface area contributed by atoms with E-state index in [-0.39, 0.29) is 12.4 Å². The molecular formula is C8H20ClN. The Morgan fingerprint density at radius 3 is 2.10 bits per heavy atom. The minimum absolute atomic E-state index is 0. The largest absolute Gasteiger partial charge is 0.328 e. The van der Waals surface area contributed by atoms with E-state index in [4.69, 9.17) is 5.73 Å². The molecule has 0 amide bonds. The topological polar surface area (TPSA) is 26.0 Å². The molecule has 0 saturated heterocycles. The quantitative estimate of drug-likeness (QED) is 0.681. The van der Waals surface area contributed by atoms with E-state index in [1.807, 2.05) is 0 Å². The molecule has 10 heavy (non-hydrogen) atoms. The van der Waals surface area contributed by atoms with Crippen LogP contribution in [0.25, 0.3) is 0 Å². The molecule has 0 radical (unpaired) electrons. The second-order valence-corrected chi connectivity index (χ2v) is 3.11. The molecule has 2 N–H and O–H groups in total. The Morgan fingerprint density at radius 2 is 1.80 bits per heavy atom. The molecule has 1 nitrogen and oxygen atoms in total. The highest BCUT2D eigenvalue weighted by atomic mass is 35.5. The zero-order valence-corrected chi connectivity index (χ0v) is 8.08. The van der Waals surface area contributed by atoms with Crippen molar-refractivity contribution in [2.45, 2.75) is 46.1 Å². The van der Waals surface area contributed by atoms with Crippen LogP contribution in [0.5, 0.6) is 0 Å². The maximum Gasteiger partial charge on any atom is 0.00130 e. The number of halogens is 1. The summed E-state index contributed by atoms with van der Waals surface area (Å²) < 4.78 is 0. The maximum atomic E-state index is 5.62. The van der Waals surface area contributed by atoms with Gasteiger partial charge in [-0.05, 0) is 19.3 Å². The Kier molecular flexibility index (Phi) is 9.48. The van der Waals surface area contributed by atoms with Crippen molar-refractivity contribution in [2.75, 3.05) is 0 Å². The van der Waals surface area contributed by atoms with Crippen LogP contribution in [0.3, 0.4) is 0 Å². The molecule has 0 saturated carbocycles. The predicted octanol–water partition coefficient (Wildman–Crippen LogP) is 2.58. The molecule has 0 aromatic carbocycles. The Balaban J connectivity index is 0. The predicted molar refractivity (Wildman–Crippen MR) is 49.6 cm³/mol. The van der Waals surface area contributed by atoms with E-state index < -0.39 is 0 Å². The molecule has 0 heterocycles. The lowest BCUT2D eigenvalue weighted by atomic mass is 9.99. The van der Waals surface area contributed by atoms with E-state index in [0.717, 1.165) is 5.92 Å². The fourth-order valence-electron chi connectivity index (χ4n) is 1.25. The van der Waals surface area contributed by atoms with Crippen LogP contribution in [-0.4, -0.2) is 6.04 Å². The van der Waals surface area contributed by atoms with Crippen molar-refractivity contribution in [1.82, 2.24) is 0 Å². The molecule has 0 aromatic rings. The van der Waals surface area contributed by atoms with Crippen LogP contribution in [0.1, 0.15) is 40.0 Å². The minimum atomic E-state index is 0. The van der Waals surface area contributed by atoms with Crippen molar-refractivity contribution in [3.63, 3.8) is 0 Å². The molecule has 2 unspecified atom stereocenters. The molecule has 0 rings (SSSR count). The van der Waals surface area contributed by atoms with Gasteiger partial charge in [0.25, 0.3) is 0 Å². The van der Waals surface area contributed by atoms with Crippen molar-refractivity contribution in [3.05, 3.63) is 0 Å². The number of rotatable bonds is 4. The summed E-state index contributed by atoms with van der Waals surface area (Å²) in [6.07, 6.45) is 3.78. The van der Waals surface area contributed by atoms with Gasteiger partial charge in [-0.15, -0.1) is 12.4 Å². The van der Waals surface area contributed by atoms with Crippen LogP contribution in [0.4, 0.5) is 0 Å². The summed E-state index contributed by atoms with van der Waals surface area (Å²) in [7, 11) is 0. The van der Waals surface area contributed by atoms with Crippen molar-refractivity contribution in [1.29, 1.82) is 0 Å². The average molecular weight is 166 g/mol. The third-order valence-electron chi connectivity index (χ3n) is 1.56. The van der Waals surface area contributed by atoms with E-state index >= 15 is 0 Å². The third kappa shape index (κ3) is 8.25. The zero-order valence-electron chi connectivity index (χ0n) is 7.26. The van der Waals surface area contributed by atoms with Crippen LogP contribution in [0.2, 0.25) is 0 Å². The summed E-state index contributed by atoms with van der Waals surface area (Å²) in [6.45, 7) is 6.57. The van der Waals surface area contributed by atoms with Gasteiger partial charge in [0, 0.05) is 6.04 Å². The first-order chi connectivity index (χ1) is 4.16. The van der Waals surface area contributed by atoms with Crippen molar-refractivity contribution >= 4 is 12.4 Å². The summed E-state index contributed by atoms with van der Waals surface area (Å²) in [5.41, 5.74) is 5.62. The van der Waals surface area contributed by atoms with Gasteiger partial charge >= 0.3 is 0 Å². The Labute approximate surface area is 70.8 Å². The second kappa shape index (κ2) is 7.36. The van der Waals surface area contributed by atoms with Gasteiger partial charge in [0.15, 0.2) is 0 Å². The van der Waals surface area contributed by atoms with E-state index in [1.165, 1.54) is 19.3 Å². The third-order valence-corrected chi connectivity index (χ3v) is 1.56. The molecule has 0 aromatic heterocycles. The van der Waals surface area contributed by atoms with Gasteiger partial charge in [0.05, 0.1) is 0 Å². The van der Waals surface area contributed by atoms with Crippen molar-refractivity contribution in [3.8, 4) is 0 Å². The van der Waals surface area contributed by atoms with Crippen molar-refractivity contribution in [2.24, 2.45) is 11.7 Å². The fourth-order valence-corrected chi connectivity index (χ4v) is 1.25. The van der Waals surface area contributed by atoms with E-state index in [2.05, 4.69) is 20.8 Å². The summed E-state index contributed by atoms with van der Waals surface area (Å²) in [6, 6.07) is 0.381. The van der Waals surface area contributed by atoms with Crippen LogP contribution >= 0.6 is 12.4 Å². The number of hydrogen-bond donors (Lipinski definition) is 1. The first-order valence-corrected chi connectivity index (χ1v) is 3.92. The normalized spacial score (nSPS) is 15.6. The van der Waals surface area contributed by atoms with Crippen LogP contribution in [0, 0.1) is 5.92 Å². The van der Waals surface area contributed by atoms with Gasteiger partial charge < -0.3 is 5.73 Å². The van der Waals surface area contributed by atoms with Crippen LogP contribution < -0.4 is 5.73 Å². The molecule has 0 spiro atoms. The zero-order chi connectivity index (χ0) is 7.28. The van der Waals surface area contributed by atoms with E-state index in [1.54, 1.807) is 0 Å². The highest BCUT2D eigenvalue weighted by Gasteiger charge is 2.02. The monoisotopic (exact) mass is 165 g/mol. The highest BCUT2D eigenvalue weighted by molar-refractivity contribution is 5.85. The van der Waals surface area contributed by atoms with Crippen molar-refractivity contribution < 1.29 is 0 Å². The molecule has 2 heteroatoms. The van der Waals surface area contributed by atoms with Gasteiger partial charge in [-0.2, -0.15) is 0 Å². The number of nitrogens with two attached hydrogens (primary N) is 1. The first kappa shape index (κ1) is 12.9.